The van der Waals surface area contributed by atoms with Gasteiger partial charge in [0.15, 0.2) is 0 Å². The van der Waals surface area contributed by atoms with E-state index < -0.39 is 17.7 Å². The molecule has 2 aromatic carbocycles. The van der Waals surface area contributed by atoms with Crippen molar-refractivity contribution >= 4 is 35.0 Å². The molecule has 0 saturated carbocycles. The SMILES string of the molecule is C=CCOc1ccc(C2/C(=C(/O)c3ccc(Cl)cc3)C(=O)C(=O)N2c2ncccn2)cc1. The maximum Gasteiger partial charge on any atom is 0.302 e. The quantitative estimate of drug-likeness (QED) is 0.262. The summed E-state index contributed by atoms with van der Waals surface area (Å²) in [6.07, 6.45) is 4.58. The fourth-order valence-corrected chi connectivity index (χ4v) is 3.56. The number of hydrogen-bond donors (Lipinski definition) is 1. The molecule has 1 fully saturated rings. The van der Waals surface area contributed by atoms with Crippen molar-refractivity contribution in [1.29, 1.82) is 0 Å². The molecule has 1 aliphatic rings. The Bertz CT molecular complexity index is 1190. The molecular weight excluding hydrogens is 430 g/mol. The Hall–Kier alpha value is -3.97. The van der Waals surface area contributed by atoms with Crippen molar-refractivity contribution in [2.24, 2.45) is 0 Å². The molecule has 7 nitrogen and oxygen atoms in total. The van der Waals surface area contributed by atoms with E-state index in [1.54, 1.807) is 60.7 Å². The third kappa shape index (κ3) is 3.98. The van der Waals surface area contributed by atoms with Gasteiger partial charge in [0.2, 0.25) is 5.95 Å². The number of halogens is 1. The average Bonchev–Trinajstić information content (AvgIpc) is 3.09. The van der Waals surface area contributed by atoms with Gasteiger partial charge in [0.05, 0.1) is 11.6 Å². The van der Waals surface area contributed by atoms with E-state index in [1.807, 2.05) is 0 Å². The van der Waals surface area contributed by atoms with Crippen LogP contribution in [0.5, 0.6) is 5.75 Å². The molecule has 3 aromatic rings. The van der Waals surface area contributed by atoms with E-state index in [0.717, 1.165) is 0 Å². The number of aromatic nitrogens is 2. The Balaban J connectivity index is 1.86. The Kier molecular flexibility index (Phi) is 6.00. The number of anilines is 1. The number of amides is 1. The molecule has 1 N–H and O–H groups in total. The zero-order chi connectivity index (χ0) is 22.7. The number of benzene rings is 2. The van der Waals surface area contributed by atoms with Gasteiger partial charge in [0.25, 0.3) is 5.78 Å². The zero-order valence-electron chi connectivity index (χ0n) is 16.8. The monoisotopic (exact) mass is 447 g/mol. The predicted octanol–water partition coefficient (Wildman–Crippen LogP) is 4.32. The van der Waals surface area contributed by atoms with Crippen molar-refractivity contribution in [3.63, 3.8) is 0 Å². The van der Waals surface area contributed by atoms with Gasteiger partial charge in [-0.2, -0.15) is 0 Å². The van der Waals surface area contributed by atoms with E-state index in [2.05, 4.69) is 16.5 Å². The topological polar surface area (TPSA) is 92.6 Å². The van der Waals surface area contributed by atoms with Crippen LogP contribution >= 0.6 is 11.6 Å². The minimum absolute atomic E-state index is 0.0572. The van der Waals surface area contributed by atoms with Crippen LogP contribution < -0.4 is 9.64 Å². The predicted molar refractivity (Wildman–Crippen MR) is 120 cm³/mol. The van der Waals surface area contributed by atoms with Gasteiger partial charge in [-0.15, -0.1) is 0 Å². The van der Waals surface area contributed by atoms with Gasteiger partial charge in [-0.25, -0.2) is 9.97 Å². The lowest BCUT2D eigenvalue weighted by atomic mass is 9.95. The maximum absolute atomic E-state index is 13.0. The van der Waals surface area contributed by atoms with Crippen molar-refractivity contribution < 1.29 is 19.4 Å². The van der Waals surface area contributed by atoms with E-state index in [1.165, 1.54) is 17.3 Å². The van der Waals surface area contributed by atoms with E-state index >= 15 is 0 Å². The van der Waals surface area contributed by atoms with Crippen LogP contribution in [0.15, 0.2) is 85.2 Å². The Morgan fingerprint density at radius 1 is 1.09 bits per heavy atom. The number of nitrogens with zero attached hydrogens (tertiary/aromatic N) is 3. The van der Waals surface area contributed by atoms with Crippen LogP contribution in [0, 0.1) is 0 Å². The summed E-state index contributed by atoms with van der Waals surface area (Å²) in [5.74, 6) is -1.32. The maximum atomic E-state index is 13.0. The van der Waals surface area contributed by atoms with E-state index in [9.17, 15) is 14.7 Å². The van der Waals surface area contributed by atoms with Gasteiger partial charge in [0.1, 0.15) is 18.1 Å². The fourth-order valence-electron chi connectivity index (χ4n) is 3.43. The van der Waals surface area contributed by atoms with Crippen molar-refractivity contribution in [3.05, 3.63) is 101 Å². The highest BCUT2D eigenvalue weighted by atomic mass is 35.5. The highest BCUT2D eigenvalue weighted by Crippen LogP contribution is 2.41. The largest absolute Gasteiger partial charge is 0.507 e. The molecule has 1 atom stereocenters. The third-order valence-corrected chi connectivity index (χ3v) is 5.15. The molecule has 8 heteroatoms. The Morgan fingerprint density at radius 3 is 2.38 bits per heavy atom. The molecule has 1 aromatic heterocycles. The minimum Gasteiger partial charge on any atom is -0.507 e. The van der Waals surface area contributed by atoms with Gasteiger partial charge in [-0.1, -0.05) is 36.4 Å². The number of carbonyl (C=O) groups is 2. The smallest absolute Gasteiger partial charge is 0.302 e. The molecule has 32 heavy (non-hydrogen) atoms. The fraction of sp³-hybridized carbons (Fsp3) is 0.0833. The lowest BCUT2D eigenvalue weighted by Crippen LogP contribution is -2.31. The second kappa shape index (κ2) is 9.03. The molecule has 4 rings (SSSR count). The van der Waals surface area contributed by atoms with Crippen molar-refractivity contribution in [3.8, 4) is 5.75 Å². The second-order valence-corrected chi connectivity index (χ2v) is 7.33. The van der Waals surface area contributed by atoms with Gasteiger partial charge >= 0.3 is 5.91 Å². The first-order valence-electron chi connectivity index (χ1n) is 9.69. The first-order valence-corrected chi connectivity index (χ1v) is 10.1. The zero-order valence-corrected chi connectivity index (χ0v) is 17.6. The van der Waals surface area contributed by atoms with Gasteiger partial charge in [-0.05, 0) is 48.0 Å². The molecule has 2 heterocycles. The molecule has 160 valence electrons. The number of carbonyl (C=O) groups excluding carboxylic acids is 2. The third-order valence-electron chi connectivity index (χ3n) is 4.89. The second-order valence-electron chi connectivity index (χ2n) is 6.89. The number of aliphatic hydroxyl groups is 1. The molecule has 0 spiro atoms. The van der Waals surface area contributed by atoms with Crippen molar-refractivity contribution in [2.45, 2.75) is 6.04 Å². The molecule has 1 aliphatic heterocycles. The molecule has 1 saturated heterocycles. The van der Waals surface area contributed by atoms with Crippen LogP contribution in [-0.2, 0) is 9.59 Å². The van der Waals surface area contributed by atoms with E-state index in [4.69, 9.17) is 16.3 Å². The summed E-state index contributed by atoms with van der Waals surface area (Å²) in [6, 6.07) is 13.9. The molecular formula is C24H18ClN3O4. The first-order chi connectivity index (χ1) is 15.5. The average molecular weight is 448 g/mol. The van der Waals surface area contributed by atoms with Crippen LogP contribution in [0.1, 0.15) is 17.2 Å². The number of aliphatic hydroxyl groups excluding tert-OH is 1. The van der Waals surface area contributed by atoms with E-state index in [-0.39, 0.29) is 17.3 Å². The minimum atomic E-state index is -0.929. The summed E-state index contributed by atoms with van der Waals surface area (Å²) < 4.78 is 5.52. The summed E-state index contributed by atoms with van der Waals surface area (Å²) in [5, 5.41) is 11.5. The standard InChI is InChI=1S/C24H18ClN3O4/c1-2-14-32-18-10-6-15(7-11-18)20-19(21(29)16-4-8-17(25)9-5-16)22(30)23(31)28(20)24-26-12-3-13-27-24/h2-13,20,29H,1,14H2/b21-19-. The normalized spacial score (nSPS) is 17.4. The summed E-state index contributed by atoms with van der Waals surface area (Å²) in [7, 11) is 0. The van der Waals surface area contributed by atoms with Crippen LogP contribution in [0.2, 0.25) is 5.02 Å². The molecule has 0 radical (unpaired) electrons. The van der Waals surface area contributed by atoms with Crippen LogP contribution in [0.4, 0.5) is 5.95 Å². The number of hydrogen-bond acceptors (Lipinski definition) is 6. The van der Waals surface area contributed by atoms with Crippen molar-refractivity contribution in [1.82, 2.24) is 9.97 Å². The Labute approximate surface area is 189 Å². The first kappa shape index (κ1) is 21.3. The molecule has 1 amide bonds. The van der Waals surface area contributed by atoms with Crippen LogP contribution in [0.3, 0.4) is 0 Å². The summed E-state index contributed by atoms with van der Waals surface area (Å²) in [4.78, 5) is 35.5. The number of ketones is 1. The van der Waals surface area contributed by atoms with Crippen molar-refractivity contribution in [2.75, 3.05) is 11.5 Å². The number of rotatable bonds is 6. The van der Waals surface area contributed by atoms with Gasteiger partial charge in [-0.3, -0.25) is 14.5 Å². The number of Topliss-reactive ketones (excluding diaryl/α,β-unsaturated/α-hetero) is 1. The van der Waals surface area contributed by atoms with E-state index in [0.29, 0.717) is 28.5 Å². The summed E-state index contributed by atoms with van der Waals surface area (Å²) >= 11 is 5.95. The summed E-state index contributed by atoms with van der Waals surface area (Å²) in [6.45, 7) is 3.96. The highest BCUT2D eigenvalue weighted by Gasteiger charge is 2.48. The molecule has 0 aliphatic carbocycles. The molecule has 0 bridgehead atoms. The van der Waals surface area contributed by atoms with Gasteiger partial charge in [0, 0.05) is 23.0 Å². The lowest BCUT2D eigenvalue weighted by Gasteiger charge is -2.23. The Morgan fingerprint density at radius 2 is 1.75 bits per heavy atom. The number of ether oxygens (including phenoxy) is 1. The lowest BCUT2D eigenvalue weighted by molar-refractivity contribution is -0.132. The highest BCUT2D eigenvalue weighted by molar-refractivity contribution is 6.51. The van der Waals surface area contributed by atoms with Crippen LogP contribution in [-0.4, -0.2) is 33.4 Å². The summed E-state index contributed by atoms with van der Waals surface area (Å²) in [5.41, 5.74) is 0.875. The molecule has 1 unspecified atom stereocenters. The van der Waals surface area contributed by atoms with Crippen LogP contribution in [0.25, 0.3) is 5.76 Å². The van der Waals surface area contributed by atoms with Gasteiger partial charge < -0.3 is 9.84 Å².